The lowest BCUT2D eigenvalue weighted by molar-refractivity contribution is -0.115. The molecular formula is C20H15ClN4OS. The number of amides is 1. The van der Waals surface area contributed by atoms with Crippen LogP contribution >= 0.6 is 22.9 Å². The molecule has 27 heavy (non-hydrogen) atoms. The summed E-state index contributed by atoms with van der Waals surface area (Å²) in [5.74, 6) is -0.110. The smallest absolute Gasteiger partial charge is 0.230 e. The van der Waals surface area contributed by atoms with Crippen LogP contribution in [0.4, 0.5) is 5.69 Å². The third-order valence-corrected chi connectivity index (χ3v) is 5.21. The van der Waals surface area contributed by atoms with Crippen molar-refractivity contribution in [2.75, 3.05) is 5.32 Å². The largest absolute Gasteiger partial charge is 0.326 e. The molecule has 4 aromatic rings. The highest BCUT2D eigenvalue weighted by atomic mass is 35.5. The van der Waals surface area contributed by atoms with Crippen LogP contribution in [0, 0.1) is 0 Å². The second-order valence-electron chi connectivity index (χ2n) is 5.87. The molecule has 4 rings (SSSR count). The lowest BCUT2D eigenvalue weighted by atomic mass is 10.2. The predicted octanol–water partition coefficient (Wildman–Crippen LogP) is 4.83. The molecule has 0 saturated carbocycles. The summed E-state index contributed by atoms with van der Waals surface area (Å²) in [5, 5.41) is 6.25. The van der Waals surface area contributed by atoms with Crippen LogP contribution in [0.15, 0.2) is 72.6 Å². The number of rotatable bonds is 5. The zero-order chi connectivity index (χ0) is 18.6. The van der Waals surface area contributed by atoms with Gasteiger partial charge in [0, 0.05) is 34.7 Å². The SMILES string of the molecule is O=C(Cc1csc(-c2ccccc2Cl)n1)Nc1ccc(-n2ccnc2)cc1. The van der Waals surface area contributed by atoms with E-state index in [9.17, 15) is 4.79 Å². The van der Waals surface area contributed by atoms with Crippen molar-refractivity contribution < 1.29 is 4.79 Å². The first-order chi connectivity index (χ1) is 13.2. The highest BCUT2D eigenvalue weighted by Crippen LogP contribution is 2.30. The molecule has 0 unspecified atom stereocenters. The van der Waals surface area contributed by atoms with Gasteiger partial charge in [-0.15, -0.1) is 11.3 Å². The normalized spacial score (nSPS) is 10.7. The molecule has 5 nitrogen and oxygen atoms in total. The monoisotopic (exact) mass is 394 g/mol. The number of thiazole rings is 1. The minimum atomic E-state index is -0.110. The average molecular weight is 395 g/mol. The van der Waals surface area contributed by atoms with Crippen LogP contribution in [0.1, 0.15) is 5.69 Å². The van der Waals surface area contributed by atoms with Crippen molar-refractivity contribution in [3.63, 3.8) is 0 Å². The number of anilines is 1. The van der Waals surface area contributed by atoms with Gasteiger partial charge in [-0.25, -0.2) is 9.97 Å². The van der Waals surface area contributed by atoms with Crippen LogP contribution in [0.3, 0.4) is 0 Å². The number of hydrogen-bond donors (Lipinski definition) is 1. The van der Waals surface area contributed by atoms with Crippen LogP contribution in [0.25, 0.3) is 16.3 Å². The average Bonchev–Trinajstić information content (AvgIpc) is 3.35. The third kappa shape index (κ3) is 4.07. The topological polar surface area (TPSA) is 59.8 Å². The van der Waals surface area contributed by atoms with Gasteiger partial charge < -0.3 is 9.88 Å². The quantitative estimate of drug-likeness (QED) is 0.527. The van der Waals surface area contributed by atoms with E-state index in [-0.39, 0.29) is 12.3 Å². The Hall–Kier alpha value is -2.96. The number of benzene rings is 2. The van der Waals surface area contributed by atoms with Crippen LogP contribution in [0.5, 0.6) is 0 Å². The van der Waals surface area contributed by atoms with E-state index < -0.39 is 0 Å². The number of nitrogens with one attached hydrogen (secondary N) is 1. The molecule has 0 atom stereocenters. The fourth-order valence-corrected chi connectivity index (χ4v) is 3.78. The van der Waals surface area contributed by atoms with E-state index in [0.29, 0.717) is 5.02 Å². The Bertz CT molecular complexity index is 1060. The Morgan fingerprint density at radius 1 is 1.15 bits per heavy atom. The van der Waals surface area contributed by atoms with Gasteiger partial charge >= 0.3 is 0 Å². The van der Waals surface area contributed by atoms with Gasteiger partial charge in [0.25, 0.3) is 0 Å². The summed E-state index contributed by atoms with van der Waals surface area (Å²) >= 11 is 7.69. The van der Waals surface area contributed by atoms with Crippen molar-refractivity contribution in [1.29, 1.82) is 0 Å². The maximum Gasteiger partial charge on any atom is 0.230 e. The van der Waals surface area contributed by atoms with Gasteiger partial charge in [-0.2, -0.15) is 0 Å². The Balaban J connectivity index is 1.41. The number of carbonyl (C=O) groups is 1. The summed E-state index contributed by atoms with van der Waals surface area (Å²) in [5.41, 5.74) is 3.33. The molecule has 0 bridgehead atoms. The minimum absolute atomic E-state index is 0.110. The summed E-state index contributed by atoms with van der Waals surface area (Å²) in [6.45, 7) is 0. The second-order valence-corrected chi connectivity index (χ2v) is 7.13. The summed E-state index contributed by atoms with van der Waals surface area (Å²) in [6, 6.07) is 15.1. The van der Waals surface area contributed by atoms with E-state index in [1.54, 1.807) is 12.5 Å². The van der Waals surface area contributed by atoms with E-state index in [1.165, 1.54) is 11.3 Å². The molecule has 7 heteroatoms. The van der Waals surface area contributed by atoms with Gasteiger partial charge in [-0.3, -0.25) is 4.79 Å². The van der Waals surface area contributed by atoms with Crippen molar-refractivity contribution in [3.05, 3.63) is 83.3 Å². The van der Waals surface area contributed by atoms with Gasteiger partial charge in [0.15, 0.2) is 0 Å². The summed E-state index contributed by atoms with van der Waals surface area (Å²) in [4.78, 5) is 20.9. The van der Waals surface area contributed by atoms with E-state index in [4.69, 9.17) is 11.6 Å². The number of carbonyl (C=O) groups excluding carboxylic acids is 1. The van der Waals surface area contributed by atoms with Gasteiger partial charge in [-0.1, -0.05) is 29.8 Å². The summed E-state index contributed by atoms with van der Waals surface area (Å²) in [6.07, 6.45) is 5.53. The molecule has 0 aliphatic carbocycles. The summed E-state index contributed by atoms with van der Waals surface area (Å²) < 4.78 is 1.90. The zero-order valence-electron chi connectivity index (χ0n) is 14.2. The molecule has 0 fully saturated rings. The van der Waals surface area contributed by atoms with Crippen LogP contribution in [-0.4, -0.2) is 20.4 Å². The lowest BCUT2D eigenvalue weighted by Gasteiger charge is -2.06. The minimum Gasteiger partial charge on any atom is -0.326 e. The predicted molar refractivity (Wildman–Crippen MR) is 108 cm³/mol. The molecule has 0 aliphatic heterocycles. The molecule has 0 radical (unpaired) electrons. The lowest BCUT2D eigenvalue weighted by Crippen LogP contribution is -2.14. The number of nitrogens with zero attached hydrogens (tertiary/aromatic N) is 3. The molecule has 1 amide bonds. The molecular weight excluding hydrogens is 380 g/mol. The van der Waals surface area contributed by atoms with Crippen molar-refractivity contribution in [3.8, 4) is 16.3 Å². The Labute approximate surface area is 165 Å². The number of halogens is 1. The highest BCUT2D eigenvalue weighted by Gasteiger charge is 2.11. The fourth-order valence-electron chi connectivity index (χ4n) is 2.64. The first-order valence-electron chi connectivity index (χ1n) is 8.26. The van der Waals surface area contributed by atoms with Crippen molar-refractivity contribution in [2.45, 2.75) is 6.42 Å². The molecule has 2 aromatic carbocycles. The van der Waals surface area contributed by atoms with Gasteiger partial charge in [0.1, 0.15) is 5.01 Å². The van der Waals surface area contributed by atoms with Gasteiger partial charge in [0.2, 0.25) is 5.91 Å². The van der Waals surface area contributed by atoms with Crippen molar-refractivity contribution in [1.82, 2.24) is 14.5 Å². The van der Waals surface area contributed by atoms with E-state index in [0.717, 1.165) is 27.6 Å². The fraction of sp³-hybridized carbons (Fsp3) is 0.0500. The summed E-state index contributed by atoms with van der Waals surface area (Å²) in [7, 11) is 0. The van der Waals surface area contributed by atoms with Crippen LogP contribution < -0.4 is 5.32 Å². The molecule has 2 aromatic heterocycles. The van der Waals surface area contributed by atoms with Crippen molar-refractivity contribution in [2.24, 2.45) is 0 Å². The van der Waals surface area contributed by atoms with E-state index in [2.05, 4.69) is 15.3 Å². The molecule has 0 aliphatic rings. The zero-order valence-corrected chi connectivity index (χ0v) is 15.7. The van der Waals surface area contributed by atoms with Gasteiger partial charge in [0.05, 0.1) is 23.5 Å². The van der Waals surface area contributed by atoms with Crippen LogP contribution in [0.2, 0.25) is 5.02 Å². The maximum absolute atomic E-state index is 12.3. The second kappa shape index (κ2) is 7.73. The Morgan fingerprint density at radius 3 is 2.70 bits per heavy atom. The molecule has 0 spiro atoms. The molecule has 134 valence electrons. The molecule has 2 heterocycles. The van der Waals surface area contributed by atoms with E-state index >= 15 is 0 Å². The number of aromatic nitrogens is 3. The maximum atomic E-state index is 12.3. The number of imidazole rings is 1. The van der Waals surface area contributed by atoms with Gasteiger partial charge in [-0.05, 0) is 30.3 Å². The van der Waals surface area contributed by atoms with Crippen LogP contribution in [-0.2, 0) is 11.2 Å². The molecule has 0 saturated heterocycles. The first kappa shape index (κ1) is 17.5. The third-order valence-electron chi connectivity index (χ3n) is 3.95. The number of hydrogen-bond acceptors (Lipinski definition) is 4. The Morgan fingerprint density at radius 2 is 1.96 bits per heavy atom. The van der Waals surface area contributed by atoms with Crippen molar-refractivity contribution >= 4 is 34.5 Å². The Kier molecular flexibility index (Phi) is 5.00. The first-order valence-corrected chi connectivity index (χ1v) is 9.52. The highest BCUT2D eigenvalue weighted by molar-refractivity contribution is 7.13. The standard InChI is InChI=1S/C20H15ClN4OS/c21-18-4-2-1-3-17(18)20-24-15(12-27-20)11-19(26)23-14-5-7-16(8-6-14)25-10-9-22-13-25/h1-10,12-13H,11H2,(H,23,26). The molecule has 1 N–H and O–H groups in total. The van der Waals surface area contributed by atoms with E-state index in [1.807, 2.05) is 64.7 Å².